The predicted molar refractivity (Wildman–Crippen MR) is 60.9 cm³/mol. The molecule has 0 N–H and O–H groups in total. The first kappa shape index (κ1) is 10.6. The lowest BCUT2D eigenvalue weighted by molar-refractivity contribution is 0.310. The minimum atomic E-state index is 0.885. The van der Waals surface area contributed by atoms with Gasteiger partial charge in [-0.05, 0) is 31.6 Å². The fraction of sp³-hybridized carbons (Fsp3) is 0.231. The molecule has 0 atom stereocenters. The zero-order chi connectivity index (χ0) is 10.4. The first-order valence-electron chi connectivity index (χ1n) is 4.68. The van der Waals surface area contributed by atoms with Gasteiger partial charge in [0.15, 0.2) is 0 Å². The molecule has 1 aromatic carbocycles. The molecular weight excluding hydrogens is 172 g/mol. The monoisotopic (exact) mass is 188 g/mol. The van der Waals surface area contributed by atoms with Crippen molar-refractivity contribution in [2.75, 3.05) is 7.11 Å². The van der Waals surface area contributed by atoms with E-state index in [1.807, 2.05) is 30.4 Å². The summed E-state index contributed by atoms with van der Waals surface area (Å²) < 4.78 is 5.25. The lowest BCUT2D eigenvalue weighted by Crippen LogP contribution is -1.83. The molecule has 0 saturated carbocycles. The molecular formula is C13H16O. The molecule has 0 aliphatic carbocycles. The first-order valence-corrected chi connectivity index (χ1v) is 4.68. The second kappa shape index (κ2) is 5.28. The minimum Gasteiger partial charge on any atom is -0.497 e. The van der Waals surface area contributed by atoms with Crippen LogP contribution in [-0.4, -0.2) is 7.11 Å². The molecule has 0 spiro atoms. The van der Waals surface area contributed by atoms with Crippen LogP contribution in [0, 0.1) is 0 Å². The molecule has 1 nitrogen and oxygen atoms in total. The number of allylic oxidation sites excluding steroid dienone is 2. The Hall–Kier alpha value is -1.50. The maximum absolute atomic E-state index is 5.25. The summed E-state index contributed by atoms with van der Waals surface area (Å²) in [4.78, 5) is 0. The standard InChI is InChI=1S/C13H16O/c1-11(2)9-13(14-3)10-12-7-5-4-6-8-12/h4-10H,1-3H3/b13-10-. The van der Waals surface area contributed by atoms with E-state index in [0.29, 0.717) is 0 Å². The number of hydrogen-bond acceptors (Lipinski definition) is 1. The maximum atomic E-state index is 5.25. The van der Waals surface area contributed by atoms with Gasteiger partial charge in [0, 0.05) is 0 Å². The summed E-state index contributed by atoms with van der Waals surface area (Å²) in [5.74, 6) is 0.885. The zero-order valence-corrected chi connectivity index (χ0v) is 8.95. The van der Waals surface area contributed by atoms with Gasteiger partial charge in [-0.1, -0.05) is 35.9 Å². The van der Waals surface area contributed by atoms with Gasteiger partial charge < -0.3 is 4.74 Å². The SMILES string of the molecule is CO/C(C=C(C)C)=C\c1ccccc1. The van der Waals surface area contributed by atoms with Crippen LogP contribution in [0.25, 0.3) is 6.08 Å². The predicted octanol–water partition coefficient (Wildman–Crippen LogP) is 3.64. The molecule has 0 amide bonds. The number of ether oxygens (including phenoxy) is 1. The van der Waals surface area contributed by atoms with Crippen molar-refractivity contribution in [3.05, 3.63) is 53.3 Å². The largest absolute Gasteiger partial charge is 0.497 e. The van der Waals surface area contributed by atoms with Gasteiger partial charge in [0.05, 0.1) is 7.11 Å². The molecule has 0 aliphatic rings. The highest BCUT2D eigenvalue weighted by molar-refractivity contribution is 5.53. The Morgan fingerprint density at radius 3 is 2.29 bits per heavy atom. The van der Waals surface area contributed by atoms with Gasteiger partial charge in [-0.25, -0.2) is 0 Å². The van der Waals surface area contributed by atoms with Crippen molar-refractivity contribution in [2.45, 2.75) is 13.8 Å². The van der Waals surface area contributed by atoms with Crippen LogP contribution in [0.1, 0.15) is 19.4 Å². The van der Waals surface area contributed by atoms with E-state index >= 15 is 0 Å². The van der Waals surface area contributed by atoms with E-state index in [2.05, 4.69) is 26.0 Å². The Balaban J connectivity index is 2.90. The van der Waals surface area contributed by atoms with Crippen LogP contribution in [0.2, 0.25) is 0 Å². The summed E-state index contributed by atoms with van der Waals surface area (Å²) in [5, 5.41) is 0. The lowest BCUT2D eigenvalue weighted by atomic mass is 10.2. The van der Waals surface area contributed by atoms with Crippen molar-refractivity contribution in [3.8, 4) is 0 Å². The van der Waals surface area contributed by atoms with Gasteiger partial charge >= 0.3 is 0 Å². The van der Waals surface area contributed by atoms with Gasteiger partial charge in [-0.2, -0.15) is 0 Å². The molecule has 74 valence electrons. The Bertz CT molecular complexity index is 330. The van der Waals surface area contributed by atoms with Gasteiger partial charge in [0.2, 0.25) is 0 Å². The molecule has 1 heteroatoms. The third-order valence-electron chi connectivity index (χ3n) is 1.78. The Morgan fingerprint density at radius 2 is 1.79 bits per heavy atom. The summed E-state index contributed by atoms with van der Waals surface area (Å²) in [7, 11) is 1.69. The van der Waals surface area contributed by atoms with Crippen LogP contribution in [0.5, 0.6) is 0 Å². The van der Waals surface area contributed by atoms with Crippen LogP contribution in [0.15, 0.2) is 47.7 Å². The molecule has 0 saturated heterocycles. The molecule has 0 radical (unpaired) electrons. The minimum absolute atomic E-state index is 0.885. The highest BCUT2D eigenvalue weighted by atomic mass is 16.5. The highest BCUT2D eigenvalue weighted by Crippen LogP contribution is 2.09. The molecule has 0 bridgehead atoms. The van der Waals surface area contributed by atoms with Crippen LogP contribution in [-0.2, 0) is 4.74 Å². The number of rotatable bonds is 3. The van der Waals surface area contributed by atoms with Crippen molar-refractivity contribution in [1.82, 2.24) is 0 Å². The summed E-state index contributed by atoms with van der Waals surface area (Å²) >= 11 is 0. The molecule has 0 aliphatic heterocycles. The van der Waals surface area contributed by atoms with E-state index in [4.69, 9.17) is 4.74 Å². The van der Waals surface area contributed by atoms with Crippen molar-refractivity contribution in [1.29, 1.82) is 0 Å². The van der Waals surface area contributed by atoms with Crippen LogP contribution in [0.3, 0.4) is 0 Å². The smallest absolute Gasteiger partial charge is 0.119 e. The van der Waals surface area contributed by atoms with E-state index in [0.717, 1.165) is 11.3 Å². The Morgan fingerprint density at radius 1 is 1.14 bits per heavy atom. The Kier molecular flexibility index (Phi) is 3.99. The van der Waals surface area contributed by atoms with Crippen molar-refractivity contribution < 1.29 is 4.74 Å². The van der Waals surface area contributed by atoms with Crippen LogP contribution in [0.4, 0.5) is 0 Å². The molecule has 1 rings (SSSR count). The summed E-state index contributed by atoms with van der Waals surface area (Å²) in [6.45, 7) is 4.11. The molecule has 0 fully saturated rings. The summed E-state index contributed by atoms with van der Waals surface area (Å²) in [6.07, 6.45) is 4.04. The third kappa shape index (κ3) is 3.48. The second-order valence-electron chi connectivity index (χ2n) is 3.38. The normalized spacial score (nSPS) is 10.9. The first-order chi connectivity index (χ1) is 6.72. The van der Waals surface area contributed by atoms with E-state index in [9.17, 15) is 0 Å². The molecule has 1 aromatic rings. The van der Waals surface area contributed by atoms with Crippen LogP contribution < -0.4 is 0 Å². The van der Waals surface area contributed by atoms with Crippen molar-refractivity contribution in [3.63, 3.8) is 0 Å². The fourth-order valence-corrected chi connectivity index (χ4v) is 1.16. The fourth-order valence-electron chi connectivity index (χ4n) is 1.16. The van der Waals surface area contributed by atoms with Gasteiger partial charge in [-0.15, -0.1) is 0 Å². The van der Waals surface area contributed by atoms with E-state index in [-0.39, 0.29) is 0 Å². The topological polar surface area (TPSA) is 9.23 Å². The average Bonchev–Trinajstić information content (AvgIpc) is 2.17. The number of hydrogen-bond donors (Lipinski definition) is 0. The van der Waals surface area contributed by atoms with Gasteiger partial charge in [0.25, 0.3) is 0 Å². The van der Waals surface area contributed by atoms with E-state index in [1.165, 1.54) is 5.57 Å². The quantitative estimate of drug-likeness (QED) is 0.519. The number of benzene rings is 1. The van der Waals surface area contributed by atoms with Crippen LogP contribution >= 0.6 is 0 Å². The summed E-state index contributed by atoms with van der Waals surface area (Å²) in [6, 6.07) is 10.1. The Labute approximate surface area is 85.7 Å². The summed E-state index contributed by atoms with van der Waals surface area (Å²) in [5.41, 5.74) is 2.39. The lowest BCUT2D eigenvalue weighted by Gasteiger charge is -2.01. The maximum Gasteiger partial charge on any atom is 0.119 e. The van der Waals surface area contributed by atoms with E-state index < -0.39 is 0 Å². The third-order valence-corrected chi connectivity index (χ3v) is 1.78. The highest BCUT2D eigenvalue weighted by Gasteiger charge is 1.92. The van der Waals surface area contributed by atoms with Gasteiger partial charge in [0.1, 0.15) is 5.76 Å². The molecule has 0 heterocycles. The van der Waals surface area contributed by atoms with E-state index in [1.54, 1.807) is 7.11 Å². The average molecular weight is 188 g/mol. The molecule has 14 heavy (non-hydrogen) atoms. The second-order valence-corrected chi connectivity index (χ2v) is 3.38. The molecule has 0 unspecified atom stereocenters. The zero-order valence-electron chi connectivity index (χ0n) is 8.95. The van der Waals surface area contributed by atoms with Gasteiger partial charge in [-0.3, -0.25) is 0 Å². The number of methoxy groups -OCH3 is 1. The van der Waals surface area contributed by atoms with Crippen molar-refractivity contribution in [2.24, 2.45) is 0 Å². The van der Waals surface area contributed by atoms with Crippen molar-refractivity contribution >= 4 is 6.08 Å². The molecule has 0 aromatic heterocycles.